The summed E-state index contributed by atoms with van der Waals surface area (Å²) in [4.78, 5) is 43.5. The fourth-order valence-electron chi connectivity index (χ4n) is 4.62. The molecule has 0 aliphatic carbocycles. The Morgan fingerprint density at radius 3 is 2.42 bits per heavy atom. The van der Waals surface area contributed by atoms with Gasteiger partial charge < -0.3 is 9.84 Å². The van der Waals surface area contributed by atoms with E-state index in [0.29, 0.717) is 34.1 Å². The molecule has 1 aromatic heterocycles. The number of ether oxygens (including phenoxy) is 1. The lowest BCUT2D eigenvalue weighted by Gasteiger charge is -2.22. The maximum Gasteiger partial charge on any atom is 0.301 e. The van der Waals surface area contributed by atoms with Crippen molar-refractivity contribution in [2.75, 3.05) is 11.5 Å². The van der Waals surface area contributed by atoms with Gasteiger partial charge in [-0.15, -0.1) is 0 Å². The number of thiazole rings is 1. The van der Waals surface area contributed by atoms with Crippen LogP contribution in [0.4, 0.5) is 10.8 Å². The number of non-ortho nitro benzene ring substituents is 1. The first-order valence-corrected chi connectivity index (χ1v) is 12.7. The van der Waals surface area contributed by atoms with E-state index in [9.17, 15) is 24.8 Å². The van der Waals surface area contributed by atoms with E-state index in [1.807, 2.05) is 32.9 Å². The number of hydrogen-bond acceptors (Lipinski definition) is 8. The third kappa shape index (κ3) is 4.28. The van der Waals surface area contributed by atoms with Crippen molar-refractivity contribution in [3.05, 3.63) is 98.6 Å². The molecule has 1 fully saturated rings. The number of ketones is 1. The Hall–Kier alpha value is -4.57. The highest BCUT2D eigenvalue weighted by atomic mass is 32.1. The molecule has 38 heavy (non-hydrogen) atoms. The van der Waals surface area contributed by atoms with Crippen molar-refractivity contribution in [2.45, 2.75) is 26.8 Å². The van der Waals surface area contributed by atoms with Crippen LogP contribution in [0, 0.1) is 24.0 Å². The van der Waals surface area contributed by atoms with Gasteiger partial charge >= 0.3 is 5.91 Å². The topological polar surface area (TPSA) is 123 Å². The predicted molar refractivity (Wildman–Crippen MR) is 145 cm³/mol. The number of carbonyl (C=O) groups excluding carboxylic acids is 2. The van der Waals surface area contributed by atoms with Gasteiger partial charge in [0, 0.05) is 17.7 Å². The molecule has 1 N–H and O–H groups in total. The first kappa shape index (κ1) is 25.1. The molecule has 9 nitrogen and oxygen atoms in total. The molecule has 1 saturated heterocycles. The normalized spacial score (nSPS) is 16.8. The third-order valence-electron chi connectivity index (χ3n) is 6.33. The number of aromatic nitrogens is 1. The van der Waals surface area contributed by atoms with Gasteiger partial charge in [0.05, 0.1) is 33.4 Å². The molecule has 192 valence electrons. The maximum atomic E-state index is 13.4. The number of amides is 1. The molecule has 0 spiro atoms. The number of Topliss-reactive ketones (excluding diaryl/α,β-unsaturated/α-hetero) is 1. The molecule has 2 heterocycles. The number of aliphatic hydroxyl groups excluding tert-OH is 1. The molecule has 10 heteroatoms. The van der Waals surface area contributed by atoms with Crippen LogP contribution in [0.15, 0.2) is 66.2 Å². The zero-order valence-electron chi connectivity index (χ0n) is 20.8. The number of benzene rings is 3. The molecule has 1 aliphatic rings. The number of anilines is 1. The molecule has 0 unspecified atom stereocenters. The molecular formula is C28H23N3O6S. The molecule has 1 aliphatic heterocycles. The highest BCUT2D eigenvalue weighted by molar-refractivity contribution is 7.22. The molecule has 1 amide bonds. The molecule has 3 aromatic carbocycles. The van der Waals surface area contributed by atoms with Crippen LogP contribution >= 0.6 is 11.3 Å². The number of carbonyl (C=O) groups is 2. The fraction of sp³-hybridized carbons (Fsp3) is 0.179. The van der Waals surface area contributed by atoms with Crippen LogP contribution < -0.4 is 9.64 Å². The lowest BCUT2D eigenvalue weighted by atomic mass is 9.95. The van der Waals surface area contributed by atoms with Crippen LogP contribution in [-0.2, 0) is 9.59 Å². The van der Waals surface area contributed by atoms with E-state index in [4.69, 9.17) is 4.74 Å². The average Bonchev–Trinajstić information content (AvgIpc) is 3.43. The average molecular weight is 530 g/mol. The van der Waals surface area contributed by atoms with Crippen molar-refractivity contribution < 1.29 is 24.4 Å². The Kier molecular flexibility index (Phi) is 6.41. The van der Waals surface area contributed by atoms with E-state index in [2.05, 4.69) is 4.98 Å². The van der Waals surface area contributed by atoms with Crippen molar-refractivity contribution >= 4 is 49.8 Å². The number of nitro groups is 1. The summed E-state index contributed by atoms with van der Waals surface area (Å²) in [5, 5.41) is 22.8. The molecule has 5 rings (SSSR count). The largest absolute Gasteiger partial charge is 0.507 e. The highest BCUT2D eigenvalue weighted by Gasteiger charge is 2.48. The van der Waals surface area contributed by atoms with Gasteiger partial charge in [0.2, 0.25) is 0 Å². The highest BCUT2D eigenvalue weighted by Crippen LogP contribution is 2.45. The Labute approximate surface area is 221 Å². The number of rotatable bonds is 6. The van der Waals surface area contributed by atoms with Crippen molar-refractivity contribution in [2.24, 2.45) is 0 Å². The Balaban J connectivity index is 1.70. The van der Waals surface area contributed by atoms with Gasteiger partial charge in [0.25, 0.3) is 11.5 Å². The lowest BCUT2D eigenvalue weighted by molar-refractivity contribution is -0.384. The number of nitro benzene ring substituents is 1. The smallest absolute Gasteiger partial charge is 0.301 e. The van der Waals surface area contributed by atoms with Gasteiger partial charge in [-0.2, -0.15) is 0 Å². The standard InChI is InChI=1S/C28H23N3O6S/c1-4-37-20-11-7-18(8-12-20)25(32)22-24(17-5-9-19(10-6-17)31(35)36)30(27(34)26(22)33)28-29-23-16(3)13-15(2)14-21(23)38-28/h5-14,24,32H,4H2,1-3H3/b25-22+/t24-/m1/s1. The third-order valence-corrected chi connectivity index (χ3v) is 7.33. The molecule has 0 saturated carbocycles. The number of aliphatic hydroxyl groups is 1. The Morgan fingerprint density at radius 1 is 1.11 bits per heavy atom. The number of aryl methyl sites for hydroxylation is 2. The first-order chi connectivity index (χ1) is 18.2. The minimum atomic E-state index is -1.04. The van der Waals surface area contributed by atoms with E-state index in [1.54, 1.807) is 24.3 Å². The molecule has 0 radical (unpaired) electrons. The second-order valence-electron chi connectivity index (χ2n) is 8.90. The second kappa shape index (κ2) is 9.71. The van der Waals surface area contributed by atoms with Gasteiger partial charge in [0.15, 0.2) is 5.13 Å². The van der Waals surface area contributed by atoms with Crippen LogP contribution in [0.1, 0.15) is 35.2 Å². The molecule has 0 bridgehead atoms. The van der Waals surface area contributed by atoms with Gasteiger partial charge in [0.1, 0.15) is 11.5 Å². The van der Waals surface area contributed by atoms with Gasteiger partial charge in [-0.25, -0.2) is 4.98 Å². The van der Waals surface area contributed by atoms with Crippen LogP contribution in [0.25, 0.3) is 16.0 Å². The van der Waals surface area contributed by atoms with Crippen LogP contribution in [-0.4, -0.2) is 33.3 Å². The summed E-state index contributed by atoms with van der Waals surface area (Å²) in [5.74, 6) is -1.47. The SMILES string of the molecule is CCOc1ccc(/C(O)=C2\C(=O)C(=O)N(c3nc4c(C)cc(C)cc4s3)[C@@H]2c2ccc([N+](=O)[O-])cc2)cc1. The monoisotopic (exact) mass is 529 g/mol. The first-order valence-electron chi connectivity index (χ1n) is 11.9. The van der Waals surface area contributed by atoms with Crippen LogP contribution in [0.2, 0.25) is 0 Å². The summed E-state index contributed by atoms with van der Waals surface area (Å²) in [7, 11) is 0. The predicted octanol–water partition coefficient (Wildman–Crippen LogP) is 5.85. The molecular weight excluding hydrogens is 506 g/mol. The summed E-state index contributed by atoms with van der Waals surface area (Å²) in [5.41, 5.74) is 3.17. The van der Waals surface area contributed by atoms with Crippen molar-refractivity contribution in [1.82, 2.24) is 4.98 Å². The van der Waals surface area contributed by atoms with Crippen molar-refractivity contribution in [3.8, 4) is 5.75 Å². The second-order valence-corrected chi connectivity index (χ2v) is 9.91. The number of nitrogens with zero attached hydrogens (tertiary/aromatic N) is 3. The van der Waals surface area contributed by atoms with Crippen molar-refractivity contribution in [3.63, 3.8) is 0 Å². The fourth-order valence-corrected chi connectivity index (χ4v) is 5.79. The van der Waals surface area contributed by atoms with Crippen LogP contribution in [0.5, 0.6) is 5.75 Å². The minimum absolute atomic E-state index is 0.125. The van der Waals surface area contributed by atoms with Gasteiger partial charge in [-0.1, -0.05) is 17.4 Å². The zero-order chi connectivity index (χ0) is 27.1. The summed E-state index contributed by atoms with van der Waals surface area (Å²) in [6, 6.07) is 15.0. The molecule has 4 aromatic rings. The van der Waals surface area contributed by atoms with E-state index in [1.165, 1.54) is 40.5 Å². The lowest BCUT2D eigenvalue weighted by Crippen LogP contribution is -2.29. The van der Waals surface area contributed by atoms with E-state index in [0.717, 1.165) is 15.8 Å². The van der Waals surface area contributed by atoms with E-state index >= 15 is 0 Å². The van der Waals surface area contributed by atoms with Gasteiger partial charge in [-0.05, 0) is 79.9 Å². The summed E-state index contributed by atoms with van der Waals surface area (Å²) in [6.07, 6.45) is 0. The van der Waals surface area contributed by atoms with Gasteiger partial charge in [-0.3, -0.25) is 24.6 Å². The quantitative estimate of drug-likeness (QED) is 0.109. The molecule has 1 atom stereocenters. The zero-order valence-corrected chi connectivity index (χ0v) is 21.6. The summed E-state index contributed by atoms with van der Waals surface area (Å²) >= 11 is 1.26. The van der Waals surface area contributed by atoms with E-state index in [-0.39, 0.29) is 17.0 Å². The Bertz CT molecular complexity index is 1620. The number of hydrogen-bond donors (Lipinski definition) is 1. The Morgan fingerprint density at radius 2 is 1.79 bits per heavy atom. The number of fused-ring (bicyclic) bond motifs is 1. The van der Waals surface area contributed by atoms with Crippen molar-refractivity contribution in [1.29, 1.82) is 0 Å². The minimum Gasteiger partial charge on any atom is -0.507 e. The summed E-state index contributed by atoms with van der Waals surface area (Å²) in [6.45, 7) is 6.21. The van der Waals surface area contributed by atoms with Crippen LogP contribution in [0.3, 0.4) is 0 Å². The van der Waals surface area contributed by atoms with E-state index < -0.39 is 22.7 Å². The maximum absolute atomic E-state index is 13.4. The summed E-state index contributed by atoms with van der Waals surface area (Å²) < 4.78 is 6.31.